The second-order valence-electron chi connectivity index (χ2n) is 7.43. The molecule has 1 amide bonds. The average Bonchev–Trinajstić information content (AvgIpc) is 2.74. The summed E-state index contributed by atoms with van der Waals surface area (Å²) in [7, 11) is -3.62. The monoisotopic (exact) mass is 452 g/mol. The summed E-state index contributed by atoms with van der Waals surface area (Å²) in [5.41, 5.74) is 8.57. The predicted molar refractivity (Wildman–Crippen MR) is 118 cm³/mol. The van der Waals surface area contributed by atoms with Gasteiger partial charge in [-0.05, 0) is 31.2 Å². The summed E-state index contributed by atoms with van der Waals surface area (Å²) in [5, 5.41) is 2.65. The molecule has 10 heteroatoms. The number of hydrogen-bond donors (Lipinski definition) is 2. The fourth-order valence-electron chi connectivity index (χ4n) is 3.16. The van der Waals surface area contributed by atoms with Crippen LogP contribution < -0.4 is 11.1 Å². The molecule has 1 unspecified atom stereocenters. The number of rotatable bonds is 6. The highest BCUT2D eigenvalue weighted by Crippen LogP contribution is 2.23. The van der Waals surface area contributed by atoms with Crippen molar-refractivity contribution in [2.24, 2.45) is 0 Å². The van der Waals surface area contributed by atoms with Crippen molar-refractivity contribution in [3.63, 3.8) is 0 Å². The lowest BCUT2D eigenvalue weighted by Crippen LogP contribution is -2.38. The van der Waals surface area contributed by atoms with Crippen LogP contribution in [0, 0.1) is 6.92 Å². The highest BCUT2D eigenvalue weighted by molar-refractivity contribution is 7.91. The van der Waals surface area contributed by atoms with Crippen molar-refractivity contribution >= 4 is 33.2 Å². The number of aromatic nitrogens is 2. The summed E-state index contributed by atoms with van der Waals surface area (Å²) in [6.45, 7) is 1.97. The van der Waals surface area contributed by atoms with Crippen LogP contribution >= 0.6 is 0 Å². The number of nitrogens with one attached hydrogen (secondary N) is 1. The van der Waals surface area contributed by atoms with Crippen molar-refractivity contribution in [2.45, 2.75) is 24.3 Å². The summed E-state index contributed by atoms with van der Waals surface area (Å²) < 4.78 is 29.6. The lowest BCUT2D eigenvalue weighted by atomic mass is 10.1. The molecular formula is C22H20N4O5S. The molecule has 1 aliphatic heterocycles. The summed E-state index contributed by atoms with van der Waals surface area (Å²) in [4.78, 5) is 32.1. The van der Waals surface area contributed by atoms with Gasteiger partial charge >= 0.3 is 5.97 Å². The average molecular weight is 452 g/mol. The summed E-state index contributed by atoms with van der Waals surface area (Å²) in [5.74, 6) is -1.27. The maximum Gasteiger partial charge on any atom is 0.309 e. The van der Waals surface area contributed by atoms with Gasteiger partial charge in [0, 0.05) is 11.3 Å². The molecule has 9 nitrogen and oxygen atoms in total. The summed E-state index contributed by atoms with van der Waals surface area (Å²) in [6.07, 6.45) is 0.974. The van der Waals surface area contributed by atoms with E-state index >= 15 is 0 Å². The van der Waals surface area contributed by atoms with Gasteiger partial charge in [-0.25, -0.2) is 18.4 Å². The van der Waals surface area contributed by atoms with Gasteiger partial charge in [0.2, 0.25) is 0 Å². The second-order valence-corrected chi connectivity index (χ2v) is 9.47. The predicted octanol–water partition coefficient (Wildman–Crippen LogP) is 2.38. The van der Waals surface area contributed by atoms with Crippen molar-refractivity contribution in [3.8, 4) is 11.3 Å². The van der Waals surface area contributed by atoms with E-state index in [4.69, 9.17) is 10.5 Å². The SMILES string of the molecule is Cc1ccc(-c2cnc(N)c(C(=O)Nc3ccc(S(=O)(=O)CC4CC(=O)O4)cc3)n2)cc1. The van der Waals surface area contributed by atoms with Crippen molar-refractivity contribution in [1.29, 1.82) is 0 Å². The second kappa shape index (κ2) is 8.39. The Morgan fingerprint density at radius 3 is 2.44 bits per heavy atom. The van der Waals surface area contributed by atoms with Crippen LogP contribution in [0.2, 0.25) is 0 Å². The molecule has 0 saturated carbocycles. The first-order valence-corrected chi connectivity index (χ1v) is 11.4. The van der Waals surface area contributed by atoms with E-state index < -0.39 is 27.8 Å². The number of carbonyl (C=O) groups excluding carboxylic acids is 2. The van der Waals surface area contributed by atoms with Crippen LogP contribution in [0.15, 0.2) is 59.6 Å². The molecule has 3 N–H and O–H groups in total. The Labute approximate surface area is 184 Å². The number of sulfone groups is 1. The van der Waals surface area contributed by atoms with Gasteiger partial charge < -0.3 is 15.8 Å². The maximum absolute atomic E-state index is 12.7. The first kappa shape index (κ1) is 21.4. The molecule has 1 aromatic heterocycles. The van der Waals surface area contributed by atoms with E-state index in [0.29, 0.717) is 11.4 Å². The molecule has 3 aromatic rings. The number of esters is 1. The van der Waals surface area contributed by atoms with E-state index in [1.807, 2.05) is 31.2 Å². The number of benzene rings is 2. The Hall–Kier alpha value is -3.79. The Balaban J connectivity index is 1.48. The number of nitrogen functional groups attached to an aromatic ring is 1. The van der Waals surface area contributed by atoms with Crippen LogP contribution in [-0.2, 0) is 19.4 Å². The standard InChI is InChI=1S/C22H20N4O5S/c1-13-2-4-14(5-3-13)18-11-24-21(23)20(26-18)22(28)25-15-6-8-17(9-7-15)32(29,30)12-16-10-19(27)31-16/h2-9,11,16H,10,12H2,1H3,(H2,23,24)(H,25,28). The third-order valence-electron chi connectivity index (χ3n) is 4.93. The topological polar surface area (TPSA) is 141 Å². The first-order valence-electron chi connectivity index (χ1n) is 9.74. The third-order valence-corrected chi connectivity index (χ3v) is 6.73. The van der Waals surface area contributed by atoms with E-state index in [1.54, 1.807) is 0 Å². The van der Waals surface area contributed by atoms with Crippen molar-refractivity contribution < 1.29 is 22.7 Å². The fraction of sp³-hybridized carbons (Fsp3) is 0.182. The van der Waals surface area contributed by atoms with Crippen molar-refractivity contribution in [3.05, 3.63) is 66.0 Å². The molecule has 0 bridgehead atoms. The Morgan fingerprint density at radius 2 is 1.81 bits per heavy atom. The van der Waals surface area contributed by atoms with Gasteiger partial charge in [0.25, 0.3) is 5.91 Å². The molecule has 2 heterocycles. The van der Waals surface area contributed by atoms with Gasteiger partial charge in [-0.1, -0.05) is 29.8 Å². The minimum atomic E-state index is -3.62. The van der Waals surface area contributed by atoms with Crippen LogP contribution in [0.4, 0.5) is 11.5 Å². The van der Waals surface area contributed by atoms with E-state index in [0.717, 1.165) is 11.1 Å². The molecular weight excluding hydrogens is 432 g/mol. The van der Waals surface area contributed by atoms with Gasteiger partial charge in [0.1, 0.15) is 6.10 Å². The van der Waals surface area contributed by atoms with E-state index in [9.17, 15) is 18.0 Å². The molecule has 1 atom stereocenters. The number of amides is 1. The number of anilines is 2. The summed E-state index contributed by atoms with van der Waals surface area (Å²) >= 11 is 0. The van der Waals surface area contributed by atoms with Gasteiger partial charge in [-0.15, -0.1) is 0 Å². The Morgan fingerprint density at radius 1 is 1.16 bits per heavy atom. The van der Waals surface area contributed by atoms with Gasteiger partial charge in [-0.3, -0.25) is 9.59 Å². The molecule has 1 saturated heterocycles. The third kappa shape index (κ3) is 4.59. The van der Waals surface area contributed by atoms with Crippen LogP contribution in [0.5, 0.6) is 0 Å². The highest BCUT2D eigenvalue weighted by atomic mass is 32.2. The van der Waals surface area contributed by atoms with Crippen LogP contribution in [-0.4, -0.2) is 42.1 Å². The lowest BCUT2D eigenvalue weighted by molar-refractivity contribution is -0.166. The van der Waals surface area contributed by atoms with Crippen LogP contribution in [0.3, 0.4) is 0 Å². The van der Waals surface area contributed by atoms with Gasteiger partial charge in [0.15, 0.2) is 21.3 Å². The fourth-order valence-corrected chi connectivity index (χ4v) is 4.58. The first-order chi connectivity index (χ1) is 15.2. The highest BCUT2D eigenvalue weighted by Gasteiger charge is 2.33. The van der Waals surface area contributed by atoms with Crippen LogP contribution in [0.25, 0.3) is 11.3 Å². The van der Waals surface area contributed by atoms with Gasteiger partial charge in [-0.2, -0.15) is 0 Å². The number of ether oxygens (including phenoxy) is 1. The molecule has 32 heavy (non-hydrogen) atoms. The number of nitrogens with two attached hydrogens (primary N) is 1. The number of aryl methyl sites for hydroxylation is 1. The quantitative estimate of drug-likeness (QED) is 0.543. The Kier molecular flexibility index (Phi) is 5.62. The zero-order valence-electron chi connectivity index (χ0n) is 17.1. The molecule has 2 aromatic carbocycles. The largest absolute Gasteiger partial charge is 0.461 e. The molecule has 1 fully saturated rings. The zero-order chi connectivity index (χ0) is 22.9. The number of carbonyl (C=O) groups is 2. The molecule has 164 valence electrons. The smallest absolute Gasteiger partial charge is 0.309 e. The minimum Gasteiger partial charge on any atom is -0.461 e. The van der Waals surface area contributed by atoms with Crippen LogP contribution in [0.1, 0.15) is 22.5 Å². The zero-order valence-corrected chi connectivity index (χ0v) is 17.9. The number of cyclic esters (lactones) is 1. The van der Waals surface area contributed by atoms with Crippen molar-refractivity contribution in [2.75, 3.05) is 16.8 Å². The normalized spacial score (nSPS) is 15.5. The van der Waals surface area contributed by atoms with Gasteiger partial charge in [0.05, 0.1) is 29.0 Å². The van der Waals surface area contributed by atoms with E-state index in [1.165, 1.54) is 30.5 Å². The van der Waals surface area contributed by atoms with Crippen molar-refractivity contribution in [1.82, 2.24) is 9.97 Å². The Bertz CT molecular complexity index is 1280. The maximum atomic E-state index is 12.7. The molecule has 1 aliphatic rings. The summed E-state index contributed by atoms with van der Waals surface area (Å²) in [6, 6.07) is 13.3. The molecule has 0 radical (unpaired) electrons. The molecule has 0 spiro atoms. The number of hydrogen-bond acceptors (Lipinski definition) is 8. The number of nitrogens with zero attached hydrogens (tertiary/aromatic N) is 2. The lowest BCUT2D eigenvalue weighted by Gasteiger charge is -2.25. The molecule has 4 rings (SSSR count). The van der Waals surface area contributed by atoms with E-state index in [-0.39, 0.29) is 28.6 Å². The molecule has 0 aliphatic carbocycles. The minimum absolute atomic E-state index is 0.0207. The van der Waals surface area contributed by atoms with E-state index in [2.05, 4.69) is 15.3 Å².